The summed E-state index contributed by atoms with van der Waals surface area (Å²) < 4.78 is 37.3. The Balaban J connectivity index is 0.000000671. The van der Waals surface area contributed by atoms with Gasteiger partial charge in [0, 0.05) is 19.2 Å². The highest BCUT2D eigenvalue weighted by molar-refractivity contribution is 5.44. The Morgan fingerprint density at radius 3 is 2.08 bits per heavy atom. The van der Waals surface area contributed by atoms with Crippen LogP contribution in [-0.4, -0.2) is 7.05 Å². The third kappa shape index (κ3) is 2.97. The van der Waals surface area contributed by atoms with Gasteiger partial charge in [0.1, 0.15) is 5.82 Å². The van der Waals surface area contributed by atoms with Gasteiger partial charge in [0.2, 0.25) is 0 Å². The number of hydrogen-bond donors (Lipinski definition) is 1. The van der Waals surface area contributed by atoms with E-state index >= 15 is 0 Å². The molecule has 0 radical (unpaired) electrons. The van der Waals surface area contributed by atoms with E-state index in [9.17, 15) is 13.2 Å². The number of halogens is 3. The monoisotopic (exact) mass is 191 g/mol. The highest BCUT2D eigenvalue weighted by Gasteiger charge is 2.08. The molecule has 1 aromatic carbocycles. The van der Waals surface area contributed by atoms with Gasteiger partial charge in [-0.3, -0.25) is 0 Å². The molecule has 0 fully saturated rings. The Morgan fingerprint density at radius 2 is 1.62 bits per heavy atom. The van der Waals surface area contributed by atoms with E-state index < -0.39 is 17.5 Å². The topological polar surface area (TPSA) is 12.0 Å². The summed E-state index contributed by atoms with van der Waals surface area (Å²) in [5.41, 5.74) is -0.178. The van der Waals surface area contributed by atoms with E-state index in [1.807, 2.05) is 13.8 Å². The van der Waals surface area contributed by atoms with Crippen molar-refractivity contribution in [2.45, 2.75) is 13.8 Å². The molecular formula is C9H12F3N. The van der Waals surface area contributed by atoms with Crippen LogP contribution < -0.4 is 5.32 Å². The summed E-state index contributed by atoms with van der Waals surface area (Å²) in [7, 11) is 1.39. The van der Waals surface area contributed by atoms with Crippen LogP contribution in [0.4, 0.5) is 18.9 Å². The predicted molar refractivity (Wildman–Crippen MR) is 47.2 cm³/mol. The molecule has 1 rings (SSSR count). The van der Waals surface area contributed by atoms with Gasteiger partial charge in [-0.15, -0.1) is 0 Å². The molecule has 1 aromatic rings. The molecule has 0 aliphatic carbocycles. The average Bonchev–Trinajstić information content (AvgIpc) is 2.14. The third-order valence-electron chi connectivity index (χ3n) is 1.26. The van der Waals surface area contributed by atoms with Crippen LogP contribution in [0.5, 0.6) is 0 Å². The molecule has 0 amide bonds. The highest BCUT2D eigenvalue weighted by atomic mass is 19.2. The van der Waals surface area contributed by atoms with Crippen LogP contribution in [0.25, 0.3) is 0 Å². The van der Waals surface area contributed by atoms with Crippen molar-refractivity contribution in [3.8, 4) is 0 Å². The second-order valence-corrected chi connectivity index (χ2v) is 2.00. The molecule has 0 aliphatic heterocycles. The van der Waals surface area contributed by atoms with Gasteiger partial charge in [-0.05, 0) is 0 Å². The molecule has 74 valence electrons. The fourth-order valence-electron chi connectivity index (χ4n) is 0.738. The van der Waals surface area contributed by atoms with E-state index in [1.165, 1.54) is 7.05 Å². The first kappa shape index (κ1) is 11.8. The first-order valence-electron chi connectivity index (χ1n) is 3.97. The number of nitrogens with one attached hydrogen (secondary N) is 1. The van der Waals surface area contributed by atoms with Crippen molar-refractivity contribution in [3.63, 3.8) is 0 Å². The van der Waals surface area contributed by atoms with E-state index in [4.69, 9.17) is 0 Å². The van der Waals surface area contributed by atoms with Crippen molar-refractivity contribution < 1.29 is 13.2 Å². The molecule has 0 atom stereocenters. The van der Waals surface area contributed by atoms with E-state index in [1.54, 1.807) is 0 Å². The van der Waals surface area contributed by atoms with Crippen molar-refractivity contribution in [1.82, 2.24) is 0 Å². The molecule has 13 heavy (non-hydrogen) atoms. The van der Waals surface area contributed by atoms with E-state index in [0.717, 1.165) is 6.07 Å². The summed E-state index contributed by atoms with van der Waals surface area (Å²) in [5, 5.41) is 2.32. The van der Waals surface area contributed by atoms with Crippen molar-refractivity contribution in [2.75, 3.05) is 12.4 Å². The van der Waals surface area contributed by atoms with Crippen LogP contribution in [0.15, 0.2) is 12.1 Å². The number of hydrogen-bond acceptors (Lipinski definition) is 1. The Hall–Kier alpha value is -1.19. The standard InChI is InChI=1S/C7H6F3N.C2H6/c1-11-6-3-4(8)2-5(9)7(6)10;1-2/h2-3,11H,1H3;1-2H3. The summed E-state index contributed by atoms with van der Waals surface area (Å²) in [6.07, 6.45) is 0. The molecule has 0 saturated carbocycles. The molecule has 1 N–H and O–H groups in total. The summed E-state index contributed by atoms with van der Waals surface area (Å²) >= 11 is 0. The minimum absolute atomic E-state index is 0.178. The number of rotatable bonds is 1. The van der Waals surface area contributed by atoms with Gasteiger partial charge in [-0.25, -0.2) is 13.2 Å². The molecule has 0 unspecified atom stereocenters. The van der Waals surface area contributed by atoms with Crippen molar-refractivity contribution in [2.24, 2.45) is 0 Å². The maximum absolute atomic E-state index is 12.6. The first-order valence-corrected chi connectivity index (χ1v) is 3.97. The van der Waals surface area contributed by atoms with Crippen molar-refractivity contribution in [3.05, 3.63) is 29.6 Å². The van der Waals surface area contributed by atoms with Crippen molar-refractivity contribution >= 4 is 5.69 Å². The molecule has 0 aromatic heterocycles. The fourth-order valence-corrected chi connectivity index (χ4v) is 0.738. The second-order valence-electron chi connectivity index (χ2n) is 2.00. The second kappa shape index (κ2) is 5.45. The van der Waals surface area contributed by atoms with Crippen LogP contribution in [0, 0.1) is 17.5 Å². The molecule has 1 nitrogen and oxygen atoms in total. The van der Waals surface area contributed by atoms with Gasteiger partial charge in [0.25, 0.3) is 0 Å². The lowest BCUT2D eigenvalue weighted by atomic mass is 10.3. The van der Waals surface area contributed by atoms with Gasteiger partial charge in [-0.1, -0.05) is 13.8 Å². The Labute approximate surface area is 75.6 Å². The van der Waals surface area contributed by atoms with Gasteiger partial charge in [-0.2, -0.15) is 0 Å². The van der Waals surface area contributed by atoms with E-state index in [0.29, 0.717) is 6.07 Å². The molecule has 0 saturated heterocycles. The fraction of sp³-hybridized carbons (Fsp3) is 0.333. The zero-order valence-electron chi connectivity index (χ0n) is 7.79. The summed E-state index contributed by atoms with van der Waals surface area (Å²) in [6, 6.07) is 1.38. The lowest BCUT2D eigenvalue weighted by Crippen LogP contribution is -1.96. The molecule has 4 heteroatoms. The SMILES string of the molecule is CC.CNc1cc(F)cc(F)c1F. The van der Waals surface area contributed by atoms with Gasteiger partial charge in [0.15, 0.2) is 11.6 Å². The summed E-state index contributed by atoms with van der Waals surface area (Å²) in [4.78, 5) is 0. The zero-order valence-corrected chi connectivity index (χ0v) is 7.79. The van der Waals surface area contributed by atoms with Gasteiger partial charge < -0.3 is 5.32 Å². The van der Waals surface area contributed by atoms with E-state index in [2.05, 4.69) is 5.32 Å². The Bertz CT molecular complexity index is 274. The van der Waals surface area contributed by atoms with Crippen LogP contribution in [0.3, 0.4) is 0 Å². The quantitative estimate of drug-likeness (QED) is 0.672. The third-order valence-corrected chi connectivity index (χ3v) is 1.26. The van der Waals surface area contributed by atoms with Crippen LogP contribution >= 0.6 is 0 Å². The molecule has 0 spiro atoms. The summed E-state index contributed by atoms with van der Waals surface area (Å²) in [6.45, 7) is 4.00. The minimum Gasteiger partial charge on any atom is -0.386 e. The van der Waals surface area contributed by atoms with Crippen LogP contribution in [-0.2, 0) is 0 Å². The smallest absolute Gasteiger partial charge is 0.182 e. The highest BCUT2D eigenvalue weighted by Crippen LogP contribution is 2.17. The Morgan fingerprint density at radius 1 is 1.08 bits per heavy atom. The summed E-state index contributed by atoms with van der Waals surface area (Å²) in [5.74, 6) is -3.04. The zero-order chi connectivity index (χ0) is 10.4. The molecule has 0 aliphatic rings. The lowest BCUT2D eigenvalue weighted by molar-refractivity contribution is 0.498. The van der Waals surface area contributed by atoms with Crippen LogP contribution in [0.2, 0.25) is 0 Å². The van der Waals surface area contributed by atoms with Gasteiger partial charge >= 0.3 is 0 Å². The number of anilines is 1. The van der Waals surface area contributed by atoms with E-state index in [-0.39, 0.29) is 5.69 Å². The number of benzene rings is 1. The largest absolute Gasteiger partial charge is 0.386 e. The normalized spacial score (nSPS) is 8.77. The predicted octanol–water partition coefficient (Wildman–Crippen LogP) is 3.17. The maximum atomic E-state index is 12.6. The van der Waals surface area contributed by atoms with Crippen molar-refractivity contribution in [1.29, 1.82) is 0 Å². The molecular weight excluding hydrogens is 179 g/mol. The minimum atomic E-state index is -1.19. The lowest BCUT2D eigenvalue weighted by Gasteiger charge is -2.01. The average molecular weight is 191 g/mol. The van der Waals surface area contributed by atoms with Crippen LogP contribution in [0.1, 0.15) is 13.8 Å². The first-order chi connectivity index (χ1) is 6.15. The maximum Gasteiger partial charge on any atom is 0.182 e. The van der Waals surface area contributed by atoms with Gasteiger partial charge in [0.05, 0.1) is 5.69 Å². The Kier molecular flexibility index (Phi) is 4.96. The molecule has 0 bridgehead atoms. The molecule has 0 heterocycles.